The molecule has 0 spiro atoms. The third-order valence-electron chi connectivity index (χ3n) is 7.00. The third-order valence-corrected chi connectivity index (χ3v) is 7.00. The third kappa shape index (κ3) is 4.06. The zero-order valence-electron chi connectivity index (χ0n) is 20.0. The number of hydrogen-bond acceptors (Lipinski definition) is 3. The maximum absolute atomic E-state index is 13.6. The molecule has 1 fully saturated rings. The van der Waals surface area contributed by atoms with Gasteiger partial charge in [-0.2, -0.15) is 0 Å². The first kappa shape index (κ1) is 22.5. The van der Waals surface area contributed by atoms with Gasteiger partial charge in [-0.25, -0.2) is 0 Å². The molecule has 3 heterocycles. The molecule has 5 nitrogen and oxygen atoms in total. The van der Waals surface area contributed by atoms with Crippen LogP contribution in [0.2, 0.25) is 0 Å². The smallest absolute Gasteiger partial charge is 0.232 e. The fourth-order valence-electron chi connectivity index (χ4n) is 5.09. The van der Waals surface area contributed by atoms with Crippen LogP contribution in [0.15, 0.2) is 36.5 Å². The molecule has 1 saturated heterocycles. The second-order valence-corrected chi connectivity index (χ2v) is 10.1. The van der Waals surface area contributed by atoms with Gasteiger partial charge in [-0.15, -0.1) is 0 Å². The summed E-state index contributed by atoms with van der Waals surface area (Å²) in [5, 5.41) is 1.20. The van der Waals surface area contributed by atoms with Crippen LogP contribution in [-0.4, -0.2) is 40.4 Å². The molecule has 3 N–H and O–H groups in total. The van der Waals surface area contributed by atoms with Gasteiger partial charge in [-0.05, 0) is 87.4 Å². The summed E-state index contributed by atoms with van der Waals surface area (Å²) in [4.78, 5) is 23.6. The van der Waals surface area contributed by atoms with Gasteiger partial charge in [0.25, 0.3) is 0 Å². The molecule has 0 bridgehead atoms. The minimum absolute atomic E-state index is 0.196. The number of fused-ring (bicyclic) bond motifs is 1. The Morgan fingerprint density at radius 3 is 2.75 bits per heavy atom. The lowest BCUT2D eigenvalue weighted by atomic mass is 9.81. The lowest BCUT2D eigenvalue weighted by molar-refractivity contribution is -0.138. The Hall–Kier alpha value is -2.66. The summed E-state index contributed by atoms with van der Waals surface area (Å²) in [5.41, 5.74) is 12.1. The summed E-state index contributed by atoms with van der Waals surface area (Å²) in [6.45, 7) is 12.8. The molecule has 1 aromatic carbocycles. The van der Waals surface area contributed by atoms with Crippen molar-refractivity contribution in [2.45, 2.75) is 58.8 Å². The number of carbonyl (C=O) groups excluding carboxylic acids is 1. The van der Waals surface area contributed by atoms with Crippen LogP contribution < -0.4 is 5.73 Å². The molecule has 1 unspecified atom stereocenters. The second kappa shape index (κ2) is 8.70. The number of piperidine rings is 1. The Labute approximate surface area is 191 Å². The molecule has 1 aliphatic rings. The Morgan fingerprint density at radius 2 is 2.06 bits per heavy atom. The van der Waals surface area contributed by atoms with E-state index in [2.05, 4.69) is 68.0 Å². The minimum atomic E-state index is -0.594. The van der Waals surface area contributed by atoms with E-state index in [1.165, 1.54) is 10.9 Å². The largest absolute Gasteiger partial charge is 0.354 e. The number of benzene rings is 1. The van der Waals surface area contributed by atoms with Gasteiger partial charge in [0.1, 0.15) is 0 Å². The highest BCUT2D eigenvalue weighted by Gasteiger charge is 2.36. The quantitative estimate of drug-likeness (QED) is 0.586. The number of hydrogen-bond donors (Lipinski definition) is 2. The number of likely N-dealkylation sites (tertiary alicyclic amines) is 1. The van der Waals surface area contributed by atoms with E-state index in [4.69, 9.17) is 5.73 Å². The predicted molar refractivity (Wildman–Crippen MR) is 132 cm³/mol. The number of aryl methyl sites for hydroxylation is 1. The number of rotatable bonds is 5. The van der Waals surface area contributed by atoms with Gasteiger partial charge in [0.2, 0.25) is 5.91 Å². The molecule has 3 aromatic rings. The van der Waals surface area contributed by atoms with Gasteiger partial charge in [0.15, 0.2) is 0 Å². The van der Waals surface area contributed by atoms with Gasteiger partial charge in [-0.3, -0.25) is 9.78 Å². The normalized spacial score (nSPS) is 17.3. The first-order chi connectivity index (χ1) is 15.2. The zero-order valence-corrected chi connectivity index (χ0v) is 20.0. The van der Waals surface area contributed by atoms with E-state index in [9.17, 15) is 4.79 Å². The van der Waals surface area contributed by atoms with E-state index >= 15 is 0 Å². The first-order valence-corrected chi connectivity index (χ1v) is 11.8. The lowest BCUT2D eigenvalue weighted by Crippen LogP contribution is -2.49. The maximum atomic E-state index is 13.6. The number of amides is 1. The molecule has 4 rings (SSSR count). The summed E-state index contributed by atoms with van der Waals surface area (Å²) in [5.74, 6) is 0.949. The maximum Gasteiger partial charge on any atom is 0.232 e. The molecule has 1 atom stereocenters. The van der Waals surface area contributed by atoms with Crippen molar-refractivity contribution in [3.8, 4) is 11.3 Å². The Kier molecular flexibility index (Phi) is 6.13. The first-order valence-electron chi connectivity index (χ1n) is 11.8. The Bertz CT molecular complexity index is 1130. The molecule has 5 heteroatoms. The van der Waals surface area contributed by atoms with Crippen molar-refractivity contribution in [3.63, 3.8) is 0 Å². The molecule has 32 heavy (non-hydrogen) atoms. The van der Waals surface area contributed by atoms with Crippen LogP contribution in [0.4, 0.5) is 0 Å². The van der Waals surface area contributed by atoms with Crippen LogP contribution in [-0.2, 0) is 10.2 Å². The second-order valence-electron chi connectivity index (χ2n) is 10.1. The highest BCUT2D eigenvalue weighted by molar-refractivity contribution is 5.94. The number of carbonyl (C=O) groups is 1. The van der Waals surface area contributed by atoms with Crippen LogP contribution in [0, 0.1) is 12.8 Å². The Morgan fingerprint density at radius 1 is 1.28 bits per heavy atom. The molecule has 170 valence electrons. The van der Waals surface area contributed by atoms with E-state index in [1.807, 2.05) is 18.0 Å². The minimum Gasteiger partial charge on any atom is -0.354 e. The molecule has 0 aliphatic carbocycles. The summed E-state index contributed by atoms with van der Waals surface area (Å²) >= 11 is 0. The van der Waals surface area contributed by atoms with Crippen molar-refractivity contribution in [1.82, 2.24) is 14.9 Å². The van der Waals surface area contributed by atoms with Gasteiger partial charge in [-0.1, -0.05) is 19.9 Å². The highest BCUT2D eigenvalue weighted by Crippen LogP contribution is 2.38. The number of aromatic amines is 1. The van der Waals surface area contributed by atoms with E-state index in [-0.39, 0.29) is 5.91 Å². The number of pyridine rings is 1. The van der Waals surface area contributed by atoms with Gasteiger partial charge >= 0.3 is 0 Å². The monoisotopic (exact) mass is 432 g/mol. The van der Waals surface area contributed by atoms with Crippen LogP contribution in [0.5, 0.6) is 0 Å². The summed E-state index contributed by atoms with van der Waals surface area (Å²) < 4.78 is 0. The average molecular weight is 433 g/mol. The molecular formula is C27H36N4O. The van der Waals surface area contributed by atoms with Gasteiger partial charge < -0.3 is 15.6 Å². The highest BCUT2D eigenvalue weighted by atomic mass is 16.2. The SMILES string of the molecule is Cc1cc(-c2[nH]c3ccc(C(C)(C)C(=O)N4CCCC(CN)C4)cc3c2C(C)C)ccn1. The molecule has 1 amide bonds. The standard InChI is InChI=1S/C27H36N4O/c1-17(2)24-22-14-21(27(4,5)26(32)31-12-6-7-19(15-28)16-31)8-9-23(22)30-25(24)20-10-11-29-18(3)13-20/h8-11,13-14,17,19,30H,6-7,12,15-16,28H2,1-5H3. The van der Waals surface area contributed by atoms with E-state index in [0.717, 1.165) is 54.0 Å². The fourth-order valence-corrected chi connectivity index (χ4v) is 5.09. The fraction of sp³-hybridized carbons (Fsp3) is 0.481. The van der Waals surface area contributed by atoms with Crippen molar-refractivity contribution in [1.29, 1.82) is 0 Å². The molecule has 0 radical (unpaired) electrons. The topological polar surface area (TPSA) is 75.0 Å². The van der Waals surface area contributed by atoms with E-state index in [1.54, 1.807) is 0 Å². The average Bonchev–Trinajstić information content (AvgIpc) is 3.17. The molecule has 0 saturated carbocycles. The number of nitrogens with zero attached hydrogens (tertiary/aromatic N) is 2. The van der Waals surface area contributed by atoms with Crippen LogP contribution in [0.1, 0.15) is 63.3 Å². The van der Waals surface area contributed by atoms with Crippen molar-refractivity contribution in [2.24, 2.45) is 11.7 Å². The summed E-state index contributed by atoms with van der Waals surface area (Å²) in [6, 6.07) is 10.6. The number of nitrogens with two attached hydrogens (primary N) is 1. The van der Waals surface area contributed by atoms with Crippen molar-refractivity contribution >= 4 is 16.8 Å². The summed E-state index contributed by atoms with van der Waals surface area (Å²) in [6.07, 6.45) is 4.01. The number of nitrogens with one attached hydrogen (secondary N) is 1. The van der Waals surface area contributed by atoms with Crippen molar-refractivity contribution < 1.29 is 4.79 Å². The zero-order chi connectivity index (χ0) is 23.0. The van der Waals surface area contributed by atoms with Crippen LogP contribution in [0.25, 0.3) is 22.2 Å². The van der Waals surface area contributed by atoms with E-state index in [0.29, 0.717) is 18.4 Å². The van der Waals surface area contributed by atoms with Crippen molar-refractivity contribution in [3.05, 3.63) is 53.3 Å². The summed E-state index contributed by atoms with van der Waals surface area (Å²) in [7, 11) is 0. The number of aromatic nitrogens is 2. The molecular weight excluding hydrogens is 396 g/mol. The molecule has 2 aromatic heterocycles. The predicted octanol–water partition coefficient (Wildman–Crippen LogP) is 5.14. The van der Waals surface area contributed by atoms with Crippen molar-refractivity contribution in [2.75, 3.05) is 19.6 Å². The Balaban J connectivity index is 1.75. The lowest BCUT2D eigenvalue weighted by Gasteiger charge is -2.37. The number of H-pyrrole nitrogens is 1. The van der Waals surface area contributed by atoms with Crippen LogP contribution in [0.3, 0.4) is 0 Å². The van der Waals surface area contributed by atoms with Gasteiger partial charge in [0, 0.05) is 41.4 Å². The van der Waals surface area contributed by atoms with Crippen LogP contribution >= 0.6 is 0 Å². The molecule has 1 aliphatic heterocycles. The van der Waals surface area contributed by atoms with Gasteiger partial charge in [0.05, 0.1) is 11.1 Å². The van der Waals surface area contributed by atoms with E-state index < -0.39 is 5.41 Å².